The lowest BCUT2D eigenvalue weighted by Crippen LogP contribution is -1.98. The number of aromatic nitrogens is 3. The zero-order valence-corrected chi connectivity index (χ0v) is 15.3. The number of hydrogen-bond donors (Lipinski definition) is 1. The van der Waals surface area contributed by atoms with Gasteiger partial charge in [-0.3, -0.25) is 0 Å². The van der Waals surface area contributed by atoms with Crippen LogP contribution in [0.1, 0.15) is 11.3 Å². The van der Waals surface area contributed by atoms with Crippen molar-refractivity contribution in [2.75, 3.05) is 12.0 Å². The number of benzene rings is 2. The third-order valence-electron chi connectivity index (χ3n) is 3.88. The van der Waals surface area contributed by atoms with Crippen molar-refractivity contribution >= 4 is 38.4 Å². The molecule has 25 heavy (non-hydrogen) atoms. The molecule has 0 unspecified atom stereocenters. The Kier molecular flexibility index (Phi) is 4.38. The number of thiazole rings is 1. The summed E-state index contributed by atoms with van der Waals surface area (Å²) in [6.07, 6.45) is 2.77. The lowest BCUT2D eigenvalue weighted by Gasteiger charge is -2.08. The number of hydrogen-bond acceptors (Lipinski definition) is 6. The Morgan fingerprint density at radius 2 is 1.84 bits per heavy atom. The second kappa shape index (κ2) is 6.82. The molecule has 6 heteroatoms. The Labute approximate surface area is 154 Å². The maximum Gasteiger partial charge on any atom is 0.188 e. The molecule has 4 aromatic rings. The van der Waals surface area contributed by atoms with Gasteiger partial charge in [0, 0.05) is 17.7 Å². The topological polar surface area (TPSA) is 64.7 Å². The molecule has 2 heterocycles. The Hall–Kier alpha value is -2.44. The SMILES string of the molecule is CSc1nc(Cc2ccccc2)cc(-c2cccc3sc(N)nc23)n1. The fourth-order valence-electron chi connectivity index (χ4n) is 2.77. The largest absolute Gasteiger partial charge is 0.375 e. The summed E-state index contributed by atoms with van der Waals surface area (Å²) >= 11 is 3.04. The van der Waals surface area contributed by atoms with E-state index in [1.54, 1.807) is 11.8 Å². The van der Waals surface area contributed by atoms with Gasteiger partial charge in [-0.15, -0.1) is 0 Å². The molecule has 0 amide bonds. The number of nitrogens with two attached hydrogens (primary N) is 1. The second-order valence-corrected chi connectivity index (χ2v) is 7.43. The van der Waals surface area contributed by atoms with Crippen LogP contribution in [0.5, 0.6) is 0 Å². The van der Waals surface area contributed by atoms with Gasteiger partial charge in [-0.25, -0.2) is 15.0 Å². The molecule has 0 aliphatic heterocycles. The Morgan fingerprint density at radius 1 is 1.00 bits per heavy atom. The molecule has 0 atom stereocenters. The molecular formula is C19H16N4S2. The van der Waals surface area contributed by atoms with Gasteiger partial charge >= 0.3 is 0 Å². The van der Waals surface area contributed by atoms with Gasteiger partial charge in [-0.05, 0) is 24.0 Å². The van der Waals surface area contributed by atoms with Crippen LogP contribution in [0, 0.1) is 0 Å². The van der Waals surface area contributed by atoms with Crippen molar-refractivity contribution in [2.24, 2.45) is 0 Å². The third kappa shape index (κ3) is 3.36. The van der Waals surface area contributed by atoms with E-state index in [4.69, 9.17) is 10.7 Å². The fraction of sp³-hybridized carbons (Fsp3) is 0.105. The highest BCUT2D eigenvalue weighted by Crippen LogP contribution is 2.32. The summed E-state index contributed by atoms with van der Waals surface area (Å²) in [5.41, 5.74) is 10.9. The normalized spacial score (nSPS) is 11.1. The first-order valence-corrected chi connectivity index (χ1v) is 9.88. The zero-order chi connectivity index (χ0) is 17.2. The van der Waals surface area contributed by atoms with Gasteiger partial charge in [0.05, 0.1) is 15.9 Å². The van der Waals surface area contributed by atoms with E-state index in [0.717, 1.165) is 38.7 Å². The maximum absolute atomic E-state index is 5.90. The molecule has 124 valence electrons. The van der Waals surface area contributed by atoms with E-state index in [1.165, 1.54) is 16.9 Å². The minimum atomic E-state index is 0.575. The molecule has 0 aliphatic rings. The molecule has 0 spiro atoms. The van der Waals surface area contributed by atoms with E-state index in [1.807, 2.05) is 42.7 Å². The first-order chi connectivity index (χ1) is 12.2. The van der Waals surface area contributed by atoms with Gasteiger partial charge in [0.2, 0.25) is 0 Å². The summed E-state index contributed by atoms with van der Waals surface area (Å²) in [6.45, 7) is 0. The lowest BCUT2D eigenvalue weighted by molar-refractivity contribution is 0.910. The summed E-state index contributed by atoms with van der Waals surface area (Å²) in [5, 5.41) is 1.34. The quantitative estimate of drug-likeness (QED) is 0.422. The molecule has 2 aromatic heterocycles. The Balaban J connectivity index is 1.82. The molecule has 0 saturated heterocycles. The van der Waals surface area contributed by atoms with Crippen LogP contribution in [-0.2, 0) is 6.42 Å². The van der Waals surface area contributed by atoms with Gasteiger partial charge in [-0.2, -0.15) is 0 Å². The van der Waals surface area contributed by atoms with Gasteiger partial charge in [0.1, 0.15) is 0 Å². The standard InChI is InChI=1S/C19H16N4S2/c1-24-19-21-13(10-12-6-3-2-4-7-12)11-15(22-19)14-8-5-9-16-17(14)23-18(20)25-16/h2-9,11H,10H2,1H3,(H2,20,23). The minimum Gasteiger partial charge on any atom is -0.375 e. The summed E-state index contributed by atoms with van der Waals surface area (Å²) in [4.78, 5) is 13.9. The van der Waals surface area contributed by atoms with Crippen LogP contribution in [0.15, 0.2) is 59.8 Å². The molecule has 0 saturated carbocycles. The van der Waals surface area contributed by atoms with E-state index in [-0.39, 0.29) is 0 Å². The Morgan fingerprint density at radius 3 is 2.64 bits per heavy atom. The van der Waals surface area contributed by atoms with Crippen LogP contribution in [0.4, 0.5) is 5.13 Å². The zero-order valence-electron chi connectivity index (χ0n) is 13.6. The Bertz CT molecular complexity index is 1030. The van der Waals surface area contributed by atoms with Crippen LogP contribution >= 0.6 is 23.1 Å². The molecule has 4 rings (SSSR count). The fourth-order valence-corrected chi connectivity index (χ4v) is 3.93. The summed E-state index contributed by atoms with van der Waals surface area (Å²) < 4.78 is 1.07. The van der Waals surface area contributed by atoms with E-state index < -0.39 is 0 Å². The molecule has 2 aromatic carbocycles. The summed E-state index contributed by atoms with van der Waals surface area (Å²) in [7, 11) is 0. The molecule has 0 aliphatic carbocycles. The second-order valence-electron chi connectivity index (χ2n) is 5.60. The average Bonchev–Trinajstić information content (AvgIpc) is 3.02. The van der Waals surface area contributed by atoms with Crippen molar-refractivity contribution < 1.29 is 0 Å². The number of rotatable bonds is 4. The lowest BCUT2D eigenvalue weighted by atomic mass is 10.1. The van der Waals surface area contributed by atoms with Crippen molar-refractivity contribution in [2.45, 2.75) is 11.6 Å². The average molecular weight is 364 g/mol. The number of nitrogens with zero attached hydrogens (tertiary/aromatic N) is 3. The van der Waals surface area contributed by atoms with Gasteiger partial charge in [-0.1, -0.05) is 65.6 Å². The predicted octanol–water partition coefficient (Wildman–Crippen LogP) is 4.65. The number of nitrogen functional groups attached to an aromatic ring is 1. The molecule has 2 N–H and O–H groups in total. The van der Waals surface area contributed by atoms with Crippen molar-refractivity contribution in [1.29, 1.82) is 0 Å². The molecule has 4 nitrogen and oxygen atoms in total. The summed E-state index contributed by atoms with van der Waals surface area (Å²) in [6, 6.07) is 18.5. The monoisotopic (exact) mass is 364 g/mol. The highest BCUT2D eigenvalue weighted by Gasteiger charge is 2.12. The predicted molar refractivity (Wildman–Crippen MR) is 106 cm³/mol. The minimum absolute atomic E-state index is 0.575. The van der Waals surface area contributed by atoms with E-state index in [9.17, 15) is 0 Å². The highest BCUT2D eigenvalue weighted by atomic mass is 32.2. The van der Waals surface area contributed by atoms with Gasteiger partial charge in [0.25, 0.3) is 0 Å². The van der Waals surface area contributed by atoms with Crippen molar-refractivity contribution in [3.8, 4) is 11.3 Å². The van der Waals surface area contributed by atoms with Crippen LogP contribution in [-0.4, -0.2) is 21.2 Å². The van der Waals surface area contributed by atoms with E-state index >= 15 is 0 Å². The van der Waals surface area contributed by atoms with Crippen molar-refractivity contribution in [1.82, 2.24) is 15.0 Å². The molecular weight excluding hydrogens is 348 g/mol. The van der Waals surface area contributed by atoms with Crippen LogP contribution in [0.2, 0.25) is 0 Å². The molecule has 0 radical (unpaired) electrons. The summed E-state index contributed by atoms with van der Waals surface area (Å²) in [5.74, 6) is 0. The van der Waals surface area contributed by atoms with Crippen LogP contribution < -0.4 is 5.73 Å². The van der Waals surface area contributed by atoms with Crippen molar-refractivity contribution in [3.63, 3.8) is 0 Å². The third-order valence-corrected chi connectivity index (χ3v) is 5.28. The number of thioether (sulfide) groups is 1. The number of para-hydroxylation sites is 1. The number of anilines is 1. The number of fused-ring (bicyclic) bond motifs is 1. The van der Waals surface area contributed by atoms with Crippen molar-refractivity contribution in [3.05, 3.63) is 65.9 Å². The first kappa shape index (κ1) is 16.1. The first-order valence-electron chi connectivity index (χ1n) is 7.84. The molecule has 0 fully saturated rings. The highest BCUT2D eigenvalue weighted by molar-refractivity contribution is 7.98. The van der Waals surface area contributed by atoms with E-state index in [2.05, 4.69) is 28.2 Å². The van der Waals surface area contributed by atoms with Crippen LogP contribution in [0.3, 0.4) is 0 Å². The maximum atomic E-state index is 5.90. The van der Waals surface area contributed by atoms with E-state index in [0.29, 0.717) is 5.13 Å². The van der Waals surface area contributed by atoms with Gasteiger partial charge in [0.15, 0.2) is 10.3 Å². The van der Waals surface area contributed by atoms with Crippen LogP contribution in [0.25, 0.3) is 21.5 Å². The van der Waals surface area contributed by atoms with Gasteiger partial charge < -0.3 is 5.73 Å². The molecule has 0 bridgehead atoms. The smallest absolute Gasteiger partial charge is 0.188 e.